The van der Waals surface area contributed by atoms with Gasteiger partial charge in [-0.25, -0.2) is 51.2 Å². The van der Waals surface area contributed by atoms with Crippen LogP contribution in [0.25, 0.3) is 0 Å². The molecule has 0 unspecified atom stereocenters. The SMILES string of the molecule is C.CCOC(=O)c1ccn(S(=O)(=O)c2ccccc2)c1CBr.CCOC(=O)c1ccn(S(=O)(=O)c2ccccc2)c1CN(CC(=O)OC)S(=O)(=O)c1ccc(C)cc1.COC(=O)CNS(=O)(=O)c1ccc(C)cc1. The van der Waals surface area contributed by atoms with Crippen molar-refractivity contribution in [2.75, 3.05) is 40.5 Å². The lowest BCUT2D eigenvalue weighted by molar-refractivity contribution is -0.141. The van der Waals surface area contributed by atoms with Crippen molar-refractivity contribution in [3.05, 3.63) is 167 Å². The number of rotatable bonds is 19. The van der Waals surface area contributed by atoms with Gasteiger partial charge in [0.25, 0.3) is 20.0 Å². The zero-order chi connectivity index (χ0) is 54.1. The number of sulfonamides is 2. The van der Waals surface area contributed by atoms with Crippen LogP contribution in [0.1, 0.15) is 64.5 Å². The van der Waals surface area contributed by atoms with Crippen LogP contribution in [-0.2, 0) is 80.5 Å². The summed E-state index contributed by atoms with van der Waals surface area (Å²) >= 11 is 3.23. The third kappa shape index (κ3) is 15.8. The number of aromatic nitrogens is 2. The van der Waals surface area contributed by atoms with E-state index in [-0.39, 0.29) is 68.9 Å². The largest absolute Gasteiger partial charge is 0.468 e. The van der Waals surface area contributed by atoms with Crippen LogP contribution in [0.3, 0.4) is 0 Å². The number of alkyl halides is 1. The second kappa shape index (κ2) is 27.7. The van der Waals surface area contributed by atoms with E-state index in [0.717, 1.165) is 36.7 Å². The Kier molecular flexibility index (Phi) is 23.1. The number of halogens is 1. The van der Waals surface area contributed by atoms with Gasteiger partial charge in [0.05, 0.1) is 76.1 Å². The maximum Gasteiger partial charge on any atom is 0.340 e. The summed E-state index contributed by atoms with van der Waals surface area (Å²) < 4.78 is 126. The molecule has 25 heteroatoms. The first-order valence-corrected chi connectivity index (χ1v) is 28.6. The molecule has 0 bridgehead atoms. The highest BCUT2D eigenvalue weighted by Gasteiger charge is 2.33. The van der Waals surface area contributed by atoms with Crippen LogP contribution in [0.15, 0.2) is 153 Å². The summed E-state index contributed by atoms with van der Waals surface area (Å²) in [6.45, 7) is 5.47. The van der Waals surface area contributed by atoms with Crippen molar-refractivity contribution in [1.29, 1.82) is 0 Å². The molecule has 0 fully saturated rings. The molecule has 0 aliphatic heterocycles. The minimum absolute atomic E-state index is 0. The minimum atomic E-state index is -4.31. The third-order valence-corrected chi connectivity index (χ3v) is 17.3. The van der Waals surface area contributed by atoms with Crippen LogP contribution in [-0.4, -0.2) is 110 Å². The lowest BCUT2D eigenvalue weighted by Gasteiger charge is -2.23. The summed E-state index contributed by atoms with van der Waals surface area (Å²) in [5.74, 6) is -2.86. The van der Waals surface area contributed by atoms with E-state index in [4.69, 9.17) is 9.47 Å². The van der Waals surface area contributed by atoms with Gasteiger partial charge in [-0.15, -0.1) is 0 Å². The first-order chi connectivity index (χ1) is 34.5. The molecule has 2 aromatic heterocycles. The summed E-state index contributed by atoms with van der Waals surface area (Å²) in [5.41, 5.74) is 2.04. The van der Waals surface area contributed by atoms with Gasteiger partial charge < -0.3 is 18.9 Å². The Morgan fingerprint density at radius 3 is 1.36 bits per heavy atom. The maximum absolute atomic E-state index is 13.5. The zero-order valence-electron chi connectivity index (χ0n) is 40.3. The fourth-order valence-electron chi connectivity index (χ4n) is 6.32. The fourth-order valence-corrected chi connectivity index (χ4v) is 12.2. The van der Waals surface area contributed by atoms with Gasteiger partial charge in [-0.3, -0.25) is 9.59 Å². The predicted molar refractivity (Wildman–Crippen MR) is 277 cm³/mol. The van der Waals surface area contributed by atoms with Crippen LogP contribution >= 0.6 is 15.9 Å². The van der Waals surface area contributed by atoms with E-state index in [9.17, 15) is 52.8 Å². The summed E-state index contributed by atoms with van der Waals surface area (Å²) in [6.07, 6.45) is 2.52. The molecular formula is C49H57BrN4O16S4. The highest BCUT2D eigenvalue weighted by molar-refractivity contribution is 9.08. The Morgan fingerprint density at radius 1 is 0.554 bits per heavy atom. The van der Waals surface area contributed by atoms with Gasteiger partial charge in [-0.05, 0) is 88.4 Å². The quantitative estimate of drug-likeness (QED) is 0.0518. The van der Waals surface area contributed by atoms with Gasteiger partial charge in [0.2, 0.25) is 20.0 Å². The molecule has 0 saturated carbocycles. The van der Waals surface area contributed by atoms with Gasteiger partial charge >= 0.3 is 23.9 Å². The smallest absolute Gasteiger partial charge is 0.340 e. The number of carbonyl (C=O) groups is 4. The Bertz CT molecular complexity index is 3310. The Morgan fingerprint density at radius 2 is 0.959 bits per heavy atom. The van der Waals surface area contributed by atoms with Crippen molar-refractivity contribution < 1.29 is 71.8 Å². The van der Waals surface area contributed by atoms with Crippen LogP contribution in [0.5, 0.6) is 0 Å². The lowest BCUT2D eigenvalue weighted by Crippen LogP contribution is -2.37. The standard InChI is InChI=1S/C24H26N2O8S2.C14H14BrNO4S.C10H13NO4S.CH4/c1-4-34-24(28)21-14-15-26(36(31,32)19-8-6-5-7-9-19)22(21)16-25(17-23(27)33-3)35(29,30)20-12-10-18(2)11-13-20;1-2-20-14(17)12-8-9-16(13(12)10-15)21(18,19)11-6-4-3-5-7-11;1-8-3-5-9(6-4-8)16(13,14)11-7-10(12)15-2;/h5-15H,4,16-17H2,1-3H3;3-9H,2,10H2,1H3;3-6,11H,7H2,1-2H3;1H4. The Balaban J connectivity index is 0.000000321. The van der Waals surface area contributed by atoms with Crippen molar-refractivity contribution in [3.8, 4) is 0 Å². The average Bonchev–Trinajstić information content (AvgIpc) is 4.03. The number of ether oxygens (including phenoxy) is 4. The molecule has 0 spiro atoms. The third-order valence-electron chi connectivity index (χ3n) is 10.1. The molecule has 4 aromatic carbocycles. The fraction of sp³-hybridized carbons (Fsp3) is 0.265. The number of aryl methyl sites for hydroxylation is 2. The Hall–Kier alpha value is -6.48. The highest BCUT2D eigenvalue weighted by Crippen LogP contribution is 2.26. The van der Waals surface area contributed by atoms with E-state index in [0.29, 0.717) is 5.69 Å². The molecule has 74 heavy (non-hydrogen) atoms. The van der Waals surface area contributed by atoms with Gasteiger partial charge in [-0.2, -0.15) is 9.03 Å². The molecule has 6 aromatic rings. The molecule has 0 aliphatic carbocycles. The maximum atomic E-state index is 13.5. The number of hydrogen-bond donors (Lipinski definition) is 1. The highest BCUT2D eigenvalue weighted by atomic mass is 79.9. The first kappa shape index (κ1) is 61.8. The monoisotopic (exact) mass is 1160 g/mol. The molecule has 2 heterocycles. The van der Waals surface area contributed by atoms with Crippen molar-refractivity contribution in [2.45, 2.75) is 66.6 Å². The summed E-state index contributed by atoms with van der Waals surface area (Å²) in [7, 11) is -13.6. The summed E-state index contributed by atoms with van der Waals surface area (Å²) in [4.78, 5) is 47.6. The molecule has 0 aliphatic rings. The van der Waals surface area contributed by atoms with E-state index in [1.165, 1.54) is 86.1 Å². The van der Waals surface area contributed by atoms with E-state index in [1.807, 2.05) is 6.92 Å². The molecule has 6 rings (SSSR count). The zero-order valence-corrected chi connectivity index (χ0v) is 45.2. The minimum Gasteiger partial charge on any atom is -0.468 e. The van der Waals surface area contributed by atoms with E-state index >= 15 is 0 Å². The molecule has 1 N–H and O–H groups in total. The molecule has 0 radical (unpaired) electrons. The van der Waals surface area contributed by atoms with Crippen LogP contribution in [0, 0.1) is 13.8 Å². The van der Waals surface area contributed by atoms with Gasteiger partial charge in [0.15, 0.2) is 0 Å². The number of esters is 4. The van der Waals surface area contributed by atoms with E-state index < -0.39 is 77.1 Å². The summed E-state index contributed by atoms with van der Waals surface area (Å²) in [6, 6.07) is 30.5. The summed E-state index contributed by atoms with van der Waals surface area (Å²) in [5, 5.41) is 0.222. The second-order valence-corrected chi connectivity index (χ2v) is 22.9. The van der Waals surface area contributed by atoms with Crippen molar-refractivity contribution >= 4 is 79.9 Å². The van der Waals surface area contributed by atoms with Crippen LogP contribution < -0.4 is 4.72 Å². The van der Waals surface area contributed by atoms with Crippen molar-refractivity contribution in [1.82, 2.24) is 17.0 Å². The normalized spacial score (nSPS) is 11.4. The van der Waals surface area contributed by atoms with Gasteiger partial charge in [0.1, 0.15) is 13.1 Å². The van der Waals surface area contributed by atoms with E-state index in [2.05, 4.69) is 30.1 Å². The number of nitrogens with one attached hydrogen (secondary N) is 1. The topological polar surface area (TPSA) is 267 Å². The lowest BCUT2D eigenvalue weighted by atomic mass is 10.2. The second-order valence-electron chi connectivity index (χ2n) is 15.0. The number of carbonyl (C=O) groups excluding carboxylic acids is 4. The molecular weight excluding hydrogens is 1110 g/mol. The first-order valence-electron chi connectivity index (χ1n) is 21.7. The molecule has 20 nitrogen and oxygen atoms in total. The number of methoxy groups -OCH3 is 2. The van der Waals surface area contributed by atoms with E-state index in [1.54, 1.807) is 69.3 Å². The molecule has 400 valence electrons. The number of benzene rings is 4. The molecule has 0 atom stereocenters. The average molecular weight is 1170 g/mol. The van der Waals surface area contributed by atoms with Crippen molar-refractivity contribution in [3.63, 3.8) is 0 Å². The Labute approximate surface area is 440 Å². The van der Waals surface area contributed by atoms with Crippen LogP contribution in [0.4, 0.5) is 0 Å². The predicted octanol–water partition coefficient (Wildman–Crippen LogP) is 6.45. The van der Waals surface area contributed by atoms with Gasteiger partial charge in [0, 0.05) is 17.7 Å². The molecule has 0 amide bonds. The number of hydrogen-bond acceptors (Lipinski definition) is 16. The van der Waals surface area contributed by atoms with Gasteiger partial charge in [-0.1, -0.05) is 95.1 Å². The van der Waals surface area contributed by atoms with Crippen molar-refractivity contribution in [2.24, 2.45) is 0 Å². The van der Waals surface area contributed by atoms with Crippen LogP contribution in [0.2, 0.25) is 0 Å². The number of nitrogens with zero attached hydrogens (tertiary/aromatic N) is 3. The molecule has 0 saturated heterocycles.